The van der Waals surface area contributed by atoms with Crippen molar-refractivity contribution in [2.24, 2.45) is 0 Å². The highest BCUT2D eigenvalue weighted by molar-refractivity contribution is 6.07. The van der Waals surface area contributed by atoms with E-state index in [2.05, 4.69) is 60.0 Å². The summed E-state index contributed by atoms with van der Waals surface area (Å²) in [6.07, 6.45) is 4.10. The lowest BCUT2D eigenvalue weighted by atomic mass is 9.87. The molecule has 0 saturated carbocycles. The molecule has 186 valence electrons. The highest BCUT2D eigenvalue weighted by Crippen LogP contribution is 2.28. The summed E-state index contributed by atoms with van der Waals surface area (Å²) in [5.41, 5.74) is 4.91. The predicted molar refractivity (Wildman–Crippen MR) is 143 cm³/mol. The lowest BCUT2D eigenvalue weighted by Crippen LogP contribution is -2.38. The zero-order chi connectivity index (χ0) is 25.0. The average molecular weight is 476 g/mol. The van der Waals surface area contributed by atoms with Crippen LogP contribution < -0.4 is 10.1 Å². The highest BCUT2D eigenvalue weighted by atomic mass is 16.5. The first-order valence-corrected chi connectivity index (χ1v) is 12.3. The Kier molecular flexibility index (Phi) is 7.63. The first-order valence-electron chi connectivity index (χ1n) is 12.3. The molecule has 0 bridgehead atoms. The number of nitrogens with zero attached hydrogens (tertiary/aromatic N) is 2. The van der Waals surface area contributed by atoms with Crippen molar-refractivity contribution < 1.29 is 14.3 Å². The van der Waals surface area contributed by atoms with Crippen LogP contribution in [-0.4, -0.2) is 55.3 Å². The van der Waals surface area contributed by atoms with E-state index in [1.807, 2.05) is 37.3 Å². The van der Waals surface area contributed by atoms with Crippen LogP contribution in [0.15, 0.2) is 54.2 Å². The van der Waals surface area contributed by atoms with E-state index in [4.69, 9.17) is 9.47 Å². The summed E-state index contributed by atoms with van der Waals surface area (Å²) in [5.74, 6) is 0.699. The van der Waals surface area contributed by atoms with Crippen LogP contribution in [0.3, 0.4) is 0 Å². The van der Waals surface area contributed by atoms with Gasteiger partial charge in [0, 0.05) is 60.1 Å². The maximum atomic E-state index is 13.0. The van der Waals surface area contributed by atoms with Crippen molar-refractivity contribution in [3.05, 3.63) is 65.4 Å². The number of fused-ring (bicyclic) bond motifs is 1. The SMILES string of the molecule is COc1ccc2c(c1)c(/C=C(\C)C(=O)Nc1ccc(C(C)(C)C)cc1)cn2CCN1CCOCC1. The van der Waals surface area contributed by atoms with E-state index < -0.39 is 0 Å². The van der Waals surface area contributed by atoms with Crippen LogP contribution in [0.1, 0.15) is 38.8 Å². The summed E-state index contributed by atoms with van der Waals surface area (Å²) >= 11 is 0. The Hall–Kier alpha value is -3.09. The molecule has 0 unspecified atom stereocenters. The summed E-state index contributed by atoms with van der Waals surface area (Å²) in [6, 6.07) is 14.2. The molecule has 0 atom stereocenters. The van der Waals surface area contributed by atoms with E-state index in [0.29, 0.717) is 5.57 Å². The minimum absolute atomic E-state index is 0.0788. The maximum Gasteiger partial charge on any atom is 0.251 e. The summed E-state index contributed by atoms with van der Waals surface area (Å²) < 4.78 is 13.2. The van der Waals surface area contributed by atoms with Crippen molar-refractivity contribution in [1.82, 2.24) is 9.47 Å². The molecule has 35 heavy (non-hydrogen) atoms. The largest absolute Gasteiger partial charge is 0.497 e. The number of methoxy groups -OCH3 is 1. The molecule has 0 spiro atoms. The normalized spacial score (nSPS) is 15.4. The molecule has 1 aromatic heterocycles. The number of morpholine rings is 1. The lowest BCUT2D eigenvalue weighted by molar-refractivity contribution is -0.112. The third-order valence-electron chi connectivity index (χ3n) is 6.62. The maximum absolute atomic E-state index is 13.0. The second-order valence-corrected chi connectivity index (χ2v) is 10.2. The van der Waals surface area contributed by atoms with Crippen LogP contribution in [-0.2, 0) is 21.5 Å². The standard InChI is InChI=1S/C29H37N3O3/c1-21(28(33)30-24-8-6-23(7-9-24)29(2,3)4)18-22-20-32(13-12-31-14-16-35-17-15-31)27-11-10-25(34-5)19-26(22)27/h6-11,18-20H,12-17H2,1-5H3,(H,30,33)/b21-18+. The molecular formula is C29H37N3O3. The van der Waals surface area contributed by atoms with Gasteiger partial charge in [-0.05, 0) is 54.3 Å². The number of benzene rings is 2. The van der Waals surface area contributed by atoms with Gasteiger partial charge in [0.1, 0.15) is 5.75 Å². The smallest absolute Gasteiger partial charge is 0.251 e. The van der Waals surface area contributed by atoms with Crippen LogP contribution in [0.5, 0.6) is 5.75 Å². The number of amides is 1. The number of carbonyl (C=O) groups is 1. The molecule has 1 amide bonds. The summed E-state index contributed by atoms with van der Waals surface area (Å²) in [6.45, 7) is 13.8. The monoisotopic (exact) mass is 475 g/mol. The molecule has 1 aliphatic heterocycles. The fourth-order valence-corrected chi connectivity index (χ4v) is 4.39. The van der Waals surface area contributed by atoms with Crippen LogP contribution in [0.25, 0.3) is 17.0 Å². The van der Waals surface area contributed by atoms with E-state index >= 15 is 0 Å². The molecule has 4 rings (SSSR count). The number of nitrogens with one attached hydrogen (secondary N) is 1. The Morgan fingerprint density at radius 3 is 2.46 bits per heavy atom. The molecule has 2 aromatic carbocycles. The van der Waals surface area contributed by atoms with Gasteiger partial charge in [-0.3, -0.25) is 9.69 Å². The summed E-state index contributed by atoms with van der Waals surface area (Å²) in [5, 5.41) is 4.11. The number of hydrogen-bond acceptors (Lipinski definition) is 4. The molecule has 0 radical (unpaired) electrons. The zero-order valence-electron chi connectivity index (χ0n) is 21.6. The molecule has 3 aromatic rings. The van der Waals surface area contributed by atoms with Crippen molar-refractivity contribution in [2.45, 2.75) is 39.7 Å². The van der Waals surface area contributed by atoms with E-state index in [9.17, 15) is 4.79 Å². The molecule has 6 nitrogen and oxygen atoms in total. The average Bonchev–Trinajstić information content (AvgIpc) is 3.19. The third-order valence-corrected chi connectivity index (χ3v) is 6.62. The predicted octanol–water partition coefficient (Wildman–Crippen LogP) is 5.32. The number of rotatable bonds is 7. The number of carbonyl (C=O) groups excluding carboxylic acids is 1. The fourth-order valence-electron chi connectivity index (χ4n) is 4.39. The Labute approximate surface area is 208 Å². The minimum atomic E-state index is -0.106. The van der Waals surface area contributed by atoms with Gasteiger partial charge in [0.05, 0.1) is 20.3 Å². The van der Waals surface area contributed by atoms with Gasteiger partial charge in [-0.2, -0.15) is 0 Å². The Balaban J connectivity index is 1.55. The van der Waals surface area contributed by atoms with Crippen molar-refractivity contribution in [1.29, 1.82) is 0 Å². The molecule has 1 fully saturated rings. The summed E-state index contributed by atoms with van der Waals surface area (Å²) in [4.78, 5) is 15.4. The molecule has 0 aliphatic carbocycles. The third kappa shape index (κ3) is 6.13. The minimum Gasteiger partial charge on any atom is -0.497 e. The van der Waals surface area contributed by atoms with Crippen molar-refractivity contribution in [3.63, 3.8) is 0 Å². The molecule has 1 aliphatic rings. The topological polar surface area (TPSA) is 55.7 Å². The van der Waals surface area contributed by atoms with Gasteiger partial charge < -0.3 is 19.4 Å². The van der Waals surface area contributed by atoms with Crippen molar-refractivity contribution in [2.75, 3.05) is 45.3 Å². The van der Waals surface area contributed by atoms with Gasteiger partial charge in [-0.25, -0.2) is 0 Å². The van der Waals surface area contributed by atoms with Gasteiger partial charge >= 0.3 is 0 Å². The molecule has 6 heteroatoms. The van der Waals surface area contributed by atoms with Gasteiger partial charge in [0.2, 0.25) is 0 Å². The van der Waals surface area contributed by atoms with Crippen LogP contribution >= 0.6 is 0 Å². The van der Waals surface area contributed by atoms with Crippen LogP contribution in [0.4, 0.5) is 5.69 Å². The van der Waals surface area contributed by atoms with E-state index in [1.54, 1.807) is 7.11 Å². The van der Waals surface area contributed by atoms with E-state index in [-0.39, 0.29) is 11.3 Å². The first kappa shape index (κ1) is 25.0. The molecule has 2 heterocycles. The summed E-state index contributed by atoms with van der Waals surface area (Å²) in [7, 11) is 1.68. The van der Waals surface area contributed by atoms with E-state index in [0.717, 1.165) is 67.3 Å². The number of anilines is 1. The van der Waals surface area contributed by atoms with Crippen LogP contribution in [0, 0.1) is 0 Å². The second kappa shape index (κ2) is 10.7. The molecular weight excluding hydrogens is 438 g/mol. The van der Waals surface area contributed by atoms with Crippen molar-refractivity contribution >= 4 is 28.6 Å². The fraction of sp³-hybridized carbons (Fsp3) is 0.414. The number of aromatic nitrogens is 1. The van der Waals surface area contributed by atoms with Gasteiger partial charge in [-0.15, -0.1) is 0 Å². The molecule has 1 saturated heterocycles. The second-order valence-electron chi connectivity index (χ2n) is 10.2. The van der Waals surface area contributed by atoms with Crippen molar-refractivity contribution in [3.8, 4) is 5.75 Å². The van der Waals surface area contributed by atoms with Gasteiger partial charge in [0.25, 0.3) is 5.91 Å². The van der Waals surface area contributed by atoms with E-state index in [1.165, 1.54) is 5.56 Å². The quantitative estimate of drug-likeness (QED) is 0.470. The Morgan fingerprint density at radius 2 is 1.80 bits per heavy atom. The Bertz CT molecular complexity index is 1200. The molecule has 1 N–H and O–H groups in total. The Morgan fingerprint density at radius 1 is 1.09 bits per heavy atom. The van der Waals surface area contributed by atoms with Gasteiger partial charge in [-0.1, -0.05) is 32.9 Å². The first-order chi connectivity index (χ1) is 16.7. The number of ether oxygens (including phenoxy) is 2. The van der Waals surface area contributed by atoms with Crippen LogP contribution in [0.2, 0.25) is 0 Å². The zero-order valence-corrected chi connectivity index (χ0v) is 21.6. The highest BCUT2D eigenvalue weighted by Gasteiger charge is 2.15. The van der Waals surface area contributed by atoms with Gasteiger partial charge in [0.15, 0.2) is 0 Å². The lowest BCUT2D eigenvalue weighted by Gasteiger charge is -2.26. The number of hydrogen-bond donors (Lipinski definition) is 1.